The Morgan fingerprint density at radius 1 is 0.800 bits per heavy atom. The van der Waals surface area contributed by atoms with Crippen molar-refractivity contribution in [2.24, 2.45) is 0 Å². The molecule has 0 aromatic heterocycles. The van der Waals surface area contributed by atoms with Gasteiger partial charge in [0.25, 0.3) is 0 Å². The summed E-state index contributed by atoms with van der Waals surface area (Å²) in [5, 5.41) is 19.2. The van der Waals surface area contributed by atoms with Crippen LogP contribution in [0.1, 0.15) is 16.7 Å². The van der Waals surface area contributed by atoms with Gasteiger partial charge in [0, 0.05) is 15.6 Å². The normalized spacial score (nSPS) is 10.1. The van der Waals surface area contributed by atoms with Crippen LogP contribution in [0.25, 0.3) is 22.3 Å². The van der Waals surface area contributed by atoms with E-state index in [2.05, 4.69) is 28.1 Å². The van der Waals surface area contributed by atoms with Crippen molar-refractivity contribution in [2.75, 3.05) is 5.73 Å². The van der Waals surface area contributed by atoms with Gasteiger partial charge in [0.05, 0.1) is 16.8 Å². The predicted octanol–water partition coefficient (Wildman–Crippen LogP) is 5.42. The first-order valence-electron chi connectivity index (χ1n) is 7.64. The van der Waals surface area contributed by atoms with E-state index >= 15 is 0 Å². The molecule has 0 fully saturated rings. The molecule has 0 aliphatic heterocycles. The van der Waals surface area contributed by atoms with Gasteiger partial charge in [-0.3, -0.25) is 0 Å². The summed E-state index contributed by atoms with van der Waals surface area (Å²) in [5.41, 5.74) is 11.4. The number of nitrogens with two attached hydrogens (primary N) is 1. The van der Waals surface area contributed by atoms with Crippen molar-refractivity contribution < 1.29 is 0 Å². The Hall–Kier alpha value is -3.08. The van der Waals surface area contributed by atoms with Gasteiger partial charge in [0.2, 0.25) is 0 Å². The van der Waals surface area contributed by atoms with E-state index in [1.54, 1.807) is 0 Å². The molecule has 0 heterocycles. The van der Waals surface area contributed by atoms with Gasteiger partial charge < -0.3 is 5.73 Å². The van der Waals surface area contributed by atoms with Crippen molar-refractivity contribution >= 4 is 21.6 Å². The number of rotatable bonds is 2. The van der Waals surface area contributed by atoms with Gasteiger partial charge in [-0.1, -0.05) is 57.9 Å². The minimum atomic E-state index is 0.223. The van der Waals surface area contributed by atoms with E-state index in [1.165, 1.54) is 0 Å². The zero-order valence-electron chi connectivity index (χ0n) is 13.5. The maximum atomic E-state index is 9.59. The molecule has 0 aliphatic carbocycles. The fourth-order valence-electron chi connectivity index (χ4n) is 2.76. The smallest absolute Gasteiger partial charge is 0.102 e. The summed E-state index contributed by atoms with van der Waals surface area (Å²) >= 11 is 3.42. The average Bonchev–Trinajstić information content (AvgIpc) is 2.62. The number of aryl methyl sites for hydroxylation is 1. The van der Waals surface area contributed by atoms with Crippen LogP contribution in [0.4, 0.5) is 5.69 Å². The SMILES string of the molecule is Cc1ccc(-c2cc(-c3ccc(Br)cc3)c(C#N)c(N)c2C#N)cc1. The third-order valence-electron chi connectivity index (χ3n) is 4.11. The van der Waals surface area contributed by atoms with Crippen LogP contribution < -0.4 is 5.73 Å². The number of nitrogen functional groups attached to an aromatic ring is 1. The molecular formula is C21H14BrN3. The lowest BCUT2D eigenvalue weighted by Crippen LogP contribution is -2.00. The highest BCUT2D eigenvalue weighted by molar-refractivity contribution is 9.10. The lowest BCUT2D eigenvalue weighted by Gasteiger charge is -2.14. The second-order valence-electron chi connectivity index (χ2n) is 5.73. The minimum absolute atomic E-state index is 0.223. The fraction of sp³-hybridized carbons (Fsp3) is 0.0476. The highest BCUT2D eigenvalue weighted by Crippen LogP contribution is 2.37. The highest BCUT2D eigenvalue weighted by Gasteiger charge is 2.18. The molecule has 4 heteroatoms. The Labute approximate surface area is 155 Å². The summed E-state index contributed by atoms with van der Waals surface area (Å²) < 4.78 is 0.954. The summed E-state index contributed by atoms with van der Waals surface area (Å²) in [7, 11) is 0. The number of halogens is 1. The van der Waals surface area contributed by atoms with Crippen molar-refractivity contribution in [3.63, 3.8) is 0 Å². The van der Waals surface area contributed by atoms with Crippen LogP contribution in [0.5, 0.6) is 0 Å². The molecule has 0 saturated carbocycles. The fourth-order valence-corrected chi connectivity index (χ4v) is 3.03. The number of benzene rings is 3. The Bertz CT molecular complexity index is 939. The largest absolute Gasteiger partial charge is 0.397 e. The predicted molar refractivity (Wildman–Crippen MR) is 104 cm³/mol. The molecular weight excluding hydrogens is 374 g/mol. The number of nitrogens with zero attached hydrogens (tertiary/aromatic N) is 2. The van der Waals surface area contributed by atoms with E-state index in [0.29, 0.717) is 11.1 Å². The van der Waals surface area contributed by atoms with Gasteiger partial charge in [-0.25, -0.2) is 0 Å². The molecule has 2 N–H and O–H groups in total. The first-order valence-corrected chi connectivity index (χ1v) is 8.44. The standard InChI is InChI=1S/C21H14BrN3/c1-13-2-4-14(5-3-13)17-10-18(15-6-8-16(22)9-7-15)20(12-24)21(25)19(17)11-23/h2-10H,25H2,1H3. The first kappa shape index (κ1) is 16.8. The molecule has 3 aromatic rings. The van der Waals surface area contributed by atoms with Crippen molar-refractivity contribution in [2.45, 2.75) is 6.92 Å². The van der Waals surface area contributed by atoms with E-state index < -0.39 is 0 Å². The highest BCUT2D eigenvalue weighted by atomic mass is 79.9. The van der Waals surface area contributed by atoms with Crippen LogP contribution in [-0.2, 0) is 0 Å². The van der Waals surface area contributed by atoms with Gasteiger partial charge in [0.15, 0.2) is 0 Å². The Kier molecular flexibility index (Phi) is 4.57. The molecule has 3 rings (SSSR count). The van der Waals surface area contributed by atoms with Crippen molar-refractivity contribution in [1.82, 2.24) is 0 Å². The van der Waals surface area contributed by atoms with Crippen LogP contribution >= 0.6 is 15.9 Å². The van der Waals surface area contributed by atoms with Crippen molar-refractivity contribution in [3.05, 3.63) is 75.8 Å². The molecule has 0 bridgehead atoms. The van der Waals surface area contributed by atoms with Gasteiger partial charge in [-0.15, -0.1) is 0 Å². The molecule has 0 amide bonds. The zero-order chi connectivity index (χ0) is 18.0. The average molecular weight is 388 g/mol. The van der Waals surface area contributed by atoms with Crippen molar-refractivity contribution in [1.29, 1.82) is 10.5 Å². The number of nitriles is 2. The lowest BCUT2D eigenvalue weighted by atomic mass is 9.89. The molecule has 0 unspecified atom stereocenters. The minimum Gasteiger partial charge on any atom is -0.397 e. The van der Waals surface area contributed by atoms with Crippen molar-refractivity contribution in [3.8, 4) is 34.4 Å². The van der Waals surface area contributed by atoms with E-state index in [9.17, 15) is 10.5 Å². The number of hydrogen-bond donors (Lipinski definition) is 1. The van der Waals surface area contributed by atoms with Crippen LogP contribution in [0.2, 0.25) is 0 Å². The molecule has 120 valence electrons. The quantitative estimate of drug-likeness (QED) is 0.596. The summed E-state index contributed by atoms with van der Waals surface area (Å²) in [5.74, 6) is 0. The Balaban J connectivity index is 2.33. The molecule has 0 spiro atoms. The van der Waals surface area contributed by atoms with Crippen LogP contribution in [0, 0.1) is 29.6 Å². The summed E-state index contributed by atoms with van der Waals surface area (Å²) in [6.45, 7) is 2.01. The van der Waals surface area contributed by atoms with E-state index in [0.717, 1.165) is 32.3 Å². The summed E-state index contributed by atoms with van der Waals surface area (Å²) in [4.78, 5) is 0. The van der Waals surface area contributed by atoms with Gasteiger partial charge in [0.1, 0.15) is 12.1 Å². The Morgan fingerprint density at radius 2 is 1.24 bits per heavy atom. The van der Waals surface area contributed by atoms with Gasteiger partial charge >= 0.3 is 0 Å². The lowest BCUT2D eigenvalue weighted by molar-refractivity contribution is 1.43. The van der Waals surface area contributed by atoms with Crippen LogP contribution in [0.15, 0.2) is 59.1 Å². The maximum Gasteiger partial charge on any atom is 0.102 e. The van der Waals surface area contributed by atoms with E-state index in [1.807, 2.05) is 61.5 Å². The molecule has 0 atom stereocenters. The molecule has 0 radical (unpaired) electrons. The molecule has 0 aliphatic rings. The Morgan fingerprint density at radius 3 is 1.68 bits per heavy atom. The number of hydrogen-bond acceptors (Lipinski definition) is 3. The summed E-state index contributed by atoms with van der Waals surface area (Å²) in [6, 6.07) is 21.8. The molecule has 0 saturated heterocycles. The third-order valence-corrected chi connectivity index (χ3v) is 4.64. The van der Waals surface area contributed by atoms with E-state index in [-0.39, 0.29) is 5.69 Å². The van der Waals surface area contributed by atoms with Crippen LogP contribution in [0.3, 0.4) is 0 Å². The summed E-state index contributed by atoms with van der Waals surface area (Å²) in [6.07, 6.45) is 0. The second-order valence-corrected chi connectivity index (χ2v) is 6.65. The van der Waals surface area contributed by atoms with Crippen LogP contribution in [-0.4, -0.2) is 0 Å². The molecule has 3 aromatic carbocycles. The van der Waals surface area contributed by atoms with E-state index in [4.69, 9.17) is 5.73 Å². The van der Waals surface area contributed by atoms with Gasteiger partial charge in [-0.05, 0) is 36.2 Å². The zero-order valence-corrected chi connectivity index (χ0v) is 15.1. The third kappa shape index (κ3) is 3.13. The second kappa shape index (κ2) is 6.81. The molecule has 3 nitrogen and oxygen atoms in total. The topological polar surface area (TPSA) is 73.6 Å². The monoisotopic (exact) mass is 387 g/mol. The first-order chi connectivity index (χ1) is 12.0. The maximum absolute atomic E-state index is 9.59. The van der Waals surface area contributed by atoms with Gasteiger partial charge in [-0.2, -0.15) is 10.5 Å². The molecule has 25 heavy (non-hydrogen) atoms. The number of anilines is 1.